The lowest BCUT2D eigenvalue weighted by atomic mass is 10.3. The number of rotatable bonds is 4. The minimum atomic E-state index is -0.178. The van der Waals surface area contributed by atoms with E-state index < -0.39 is 0 Å². The van der Waals surface area contributed by atoms with Crippen LogP contribution in [0.5, 0.6) is 0 Å². The number of hydrogen-bond acceptors (Lipinski definition) is 4. The zero-order chi connectivity index (χ0) is 12.3. The summed E-state index contributed by atoms with van der Waals surface area (Å²) in [6, 6.07) is 5.97. The third-order valence-corrected chi connectivity index (χ3v) is 3.33. The predicted octanol–water partition coefficient (Wildman–Crippen LogP) is 2.23. The number of aromatic nitrogens is 2. The summed E-state index contributed by atoms with van der Waals surface area (Å²) < 4.78 is 6.84. The second-order valence-electron chi connectivity index (χ2n) is 3.60. The van der Waals surface area contributed by atoms with Crippen molar-refractivity contribution in [3.05, 3.63) is 24.5 Å². The van der Waals surface area contributed by atoms with Gasteiger partial charge in [-0.25, -0.2) is 4.98 Å². The fraction of sp³-hybridized carbons (Fsp3) is 0.333. The van der Waals surface area contributed by atoms with Crippen LogP contribution in [-0.4, -0.2) is 27.9 Å². The van der Waals surface area contributed by atoms with Crippen molar-refractivity contribution in [2.45, 2.75) is 11.8 Å². The highest BCUT2D eigenvalue weighted by atomic mass is 32.2. The van der Waals surface area contributed by atoms with Crippen molar-refractivity contribution in [1.82, 2.24) is 9.55 Å². The molecule has 0 saturated heterocycles. The number of carbonyl (C=O) groups excluding carboxylic acids is 1. The number of nitrogens with zero attached hydrogens (tertiary/aromatic N) is 2. The summed E-state index contributed by atoms with van der Waals surface area (Å²) in [5.41, 5.74) is 2.03. The van der Waals surface area contributed by atoms with E-state index in [4.69, 9.17) is 4.74 Å². The Labute approximate surface area is 104 Å². The second-order valence-corrected chi connectivity index (χ2v) is 4.65. The van der Waals surface area contributed by atoms with E-state index in [1.807, 2.05) is 36.7 Å². The van der Waals surface area contributed by atoms with Crippen LogP contribution >= 0.6 is 11.8 Å². The summed E-state index contributed by atoms with van der Waals surface area (Å²) in [5.74, 6) is 0.166. The first kappa shape index (κ1) is 12.0. The van der Waals surface area contributed by atoms with Crippen molar-refractivity contribution in [2.75, 3.05) is 12.4 Å². The van der Waals surface area contributed by atoms with E-state index in [-0.39, 0.29) is 5.97 Å². The molecule has 0 amide bonds. The lowest BCUT2D eigenvalue weighted by Gasteiger charge is -2.02. The van der Waals surface area contributed by atoms with Crippen LogP contribution in [-0.2, 0) is 16.6 Å². The molecule has 1 aromatic carbocycles. The first-order valence-corrected chi connectivity index (χ1v) is 6.38. The van der Waals surface area contributed by atoms with Crippen LogP contribution in [0, 0.1) is 0 Å². The predicted molar refractivity (Wildman–Crippen MR) is 68.1 cm³/mol. The van der Waals surface area contributed by atoms with Gasteiger partial charge in [0.05, 0.1) is 29.7 Å². The van der Waals surface area contributed by atoms with Gasteiger partial charge >= 0.3 is 5.97 Å². The maximum Gasteiger partial charge on any atom is 0.316 e. The van der Waals surface area contributed by atoms with Gasteiger partial charge in [0.15, 0.2) is 0 Å². The number of aryl methyl sites for hydroxylation is 1. The molecule has 0 saturated carbocycles. The fourth-order valence-electron chi connectivity index (χ4n) is 1.54. The Morgan fingerprint density at radius 3 is 3.12 bits per heavy atom. The molecule has 0 radical (unpaired) electrons. The molecule has 5 heteroatoms. The van der Waals surface area contributed by atoms with Crippen LogP contribution in [0.2, 0.25) is 0 Å². The van der Waals surface area contributed by atoms with Gasteiger partial charge in [0, 0.05) is 11.9 Å². The SMILES string of the molecule is CCOC(=O)CSc1ccc2ncn(C)c2c1. The number of imidazole rings is 1. The van der Waals surface area contributed by atoms with Gasteiger partial charge in [0.2, 0.25) is 0 Å². The number of benzene rings is 1. The standard InChI is InChI=1S/C12H14N2O2S/c1-3-16-12(15)7-17-9-4-5-10-11(6-9)14(2)8-13-10/h4-6,8H,3,7H2,1-2H3. The molecule has 0 fully saturated rings. The number of fused-ring (bicyclic) bond motifs is 1. The fourth-order valence-corrected chi connectivity index (χ4v) is 2.27. The molecule has 0 aliphatic heterocycles. The van der Waals surface area contributed by atoms with Crippen LogP contribution in [0.25, 0.3) is 11.0 Å². The van der Waals surface area contributed by atoms with Crippen LogP contribution in [0.1, 0.15) is 6.92 Å². The van der Waals surface area contributed by atoms with Gasteiger partial charge in [-0.3, -0.25) is 4.79 Å². The molecule has 0 spiro atoms. The van der Waals surface area contributed by atoms with E-state index in [0.29, 0.717) is 12.4 Å². The highest BCUT2D eigenvalue weighted by Gasteiger charge is 2.05. The zero-order valence-corrected chi connectivity index (χ0v) is 10.7. The highest BCUT2D eigenvalue weighted by molar-refractivity contribution is 8.00. The van der Waals surface area contributed by atoms with E-state index >= 15 is 0 Å². The number of esters is 1. The molecule has 0 atom stereocenters. The molecule has 17 heavy (non-hydrogen) atoms. The van der Waals surface area contributed by atoms with Crippen molar-refractivity contribution in [3.8, 4) is 0 Å². The number of thioether (sulfide) groups is 1. The largest absolute Gasteiger partial charge is 0.465 e. The summed E-state index contributed by atoms with van der Waals surface area (Å²) >= 11 is 1.48. The molecular formula is C12H14N2O2S. The molecule has 2 aromatic rings. The van der Waals surface area contributed by atoms with Gasteiger partial charge < -0.3 is 9.30 Å². The summed E-state index contributed by atoms with van der Waals surface area (Å²) in [6.45, 7) is 2.24. The van der Waals surface area contributed by atoms with E-state index in [0.717, 1.165) is 15.9 Å². The molecule has 1 aromatic heterocycles. The highest BCUT2D eigenvalue weighted by Crippen LogP contribution is 2.22. The van der Waals surface area contributed by atoms with Crippen LogP contribution in [0.15, 0.2) is 29.4 Å². The number of hydrogen-bond donors (Lipinski definition) is 0. The molecule has 0 unspecified atom stereocenters. The Morgan fingerprint density at radius 2 is 2.35 bits per heavy atom. The monoisotopic (exact) mass is 250 g/mol. The quantitative estimate of drug-likeness (QED) is 0.616. The van der Waals surface area contributed by atoms with Gasteiger partial charge in [-0.2, -0.15) is 0 Å². The Bertz CT molecular complexity index is 536. The van der Waals surface area contributed by atoms with Gasteiger partial charge in [0.25, 0.3) is 0 Å². The molecule has 2 rings (SSSR count). The minimum Gasteiger partial charge on any atom is -0.465 e. The van der Waals surface area contributed by atoms with Gasteiger partial charge in [-0.15, -0.1) is 11.8 Å². The summed E-state index contributed by atoms with van der Waals surface area (Å²) in [5, 5.41) is 0. The molecule has 0 bridgehead atoms. The molecule has 0 N–H and O–H groups in total. The summed E-state index contributed by atoms with van der Waals surface area (Å²) in [7, 11) is 1.95. The summed E-state index contributed by atoms with van der Waals surface area (Å²) in [6.07, 6.45) is 1.78. The molecule has 1 heterocycles. The van der Waals surface area contributed by atoms with Crippen LogP contribution in [0.3, 0.4) is 0 Å². The average molecular weight is 250 g/mol. The van der Waals surface area contributed by atoms with Crippen LogP contribution < -0.4 is 0 Å². The molecule has 90 valence electrons. The lowest BCUT2D eigenvalue weighted by molar-refractivity contribution is -0.139. The Balaban J connectivity index is 2.08. The Morgan fingerprint density at radius 1 is 1.53 bits per heavy atom. The van der Waals surface area contributed by atoms with Crippen molar-refractivity contribution >= 4 is 28.8 Å². The first-order valence-electron chi connectivity index (χ1n) is 5.40. The molecule has 0 aliphatic rings. The summed E-state index contributed by atoms with van der Waals surface area (Å²) in [4.78, 5) is 16.5. The van der Waals surface area contributed by atoms with Gasteiger partial charge in [0.1, 0.15) is 0 Å². The van der Waals surface area contributed by atoms with Gasteiger partial charge in [-0.1, -0.05) is 0 Å². The molecule has 4 nitrogen and oxygen atoms in total. The van der Waals surface area contributed by atoms with Crippen LogP contribution in [0.4, 0.5) is 0 Å². The third kappa shape index (κ3) is 2.79. The minimum absolute atomic E-state index is 0.178. The Kier molecular flexibility index (Phi) is 3.68. The van der Waals surface area contributed by atoms with Crippen molar-refractivity contribution < 1.29 is 9.53 Å². The number of carbonyl (C=O) groups is 1. The first-order chi connectivity index (χ1) is 8.20. The average Bonchev–Trinajstić information content (AvgIpc) is 2.69. The van der Waals surface area contributed by atoms with Crippen molar-refractivity contribution in [2.24, 2.45) is 7.05 Å². The number of ether oxygens (including phenoxy) is 1. The van der Waals surface area contributed by atoms with Gasteiger partial charge in [-0.05, 0) is 25.1 Å². The van der Waals surface area contributed by atoms with E-state index in [9.17, 15) is 4.79 Å². The normalized spacial score (nSPS) is 10.7. The smallest absolute Gasteiger partial charge is 0.316 e. The second kappa shape index (κ2) is 5.23. The van der Waals surface area contributed by atoms with Crippen molar-refractivity contribution in [1.29, 1.82) is 0 Å². The maximum absolute atomic E-state index is 11.2. The topological polar surface area (TPSA) is 44.1 Å². The maximum atomic E-state index is 11.2. The van der Waals surface area contributed by atoms with E-state index in [2.05, 4.69) is 4.98 Å². The van der Waals surface area contributed by atoms with E-state index in [1.165, 1.54) is 11.8 Å². The van der Waals surface area contributed by atoms with E-state index in [1.54, 1.807) is 6.33 Å². The zero-order valence-electron chi connectivity index (χ0n) is 9.84. The third-order valence-electron chi connectivity index (χ3n) is 2.36. The lowest BCUT2D eigenvalue weighted by Crippen LogP contribution is -2.06. The molecular weight excluding hydrogens is 236 g/mol. The molecule has 0 aliphatic carbocycles. The Hall–Kier alpha value is -1.49. The van der Waals surface area contributed by atoms with Crippen molar-refractivity contribution in [3.63, 3.8) is 0 Å².